The highest BCUT2D eigenvalue weighted by molar-refractivity contribution is 6.07. The number of carbonyl (C=O) groups is 3. The van der Waals surface area contributed by atoms with E-state index in [0.717, 1.165) is 11.1 Å². The topological polar surface area (TPSA) is 72.5 Å². The second-order valence-electron chi connectivity index (χ2n) is 8.35. The quantitative estimate of drug-likeness (QED) is 0.413. The van der Waals surface area contributed by atoms with Crippen LogP contribution in [0.1, 0.15) is 55.5 Å². The van der Waals surface area contributed by atoms with Crippen LogP contribution in [0.25, 0.3) is 0 Å². The maximum Gasteiger partial charge on any atom is 0.244 e. The van der Waals surface area contributed by atoms with Crippen molar-refractivity contribution in [3.05, 3.63) is 65.3 Å². The van der Waals surface area contributed by atoms with Gasteiger partial charge in [-0.1, -0.05) is 49.1 Å². The van der Waals surface area contributed by atoms with E-state index >= 15 is 0 Å². The van der Waals surface area contributed by atoms with Crippen molar-refractivity contribution in [1.29, 1.82) is 0 Å². The van der Waals surface area contributed by atoms with Crippen molar-refractivity contribution >= 4 is 17.6 Å². The average Bonchev–Trinajstić information content (AvgIpc) is 2.78. The van der Waals surface area contributed by atoms with Crippen LogP contribution in [-0.2, 0) is 16.0 Å². The Bertz CT molecular complexity index is 1080. The molecular weight excluding hydrogens is 402 g/mol. The van der Waals surface area contributed by atoms with Crippen LogP contribution in [-0.4, -0.2) is 24.7 Å². The third kappa shape index (κ3) is 4.91. The Labute approximate surface area is 189 Å². The number of fused-ring (bicyclic) bond motifs is 1. The number of methoxy groups -OCH3 is 1. The van der Waals surface area contributed by atoms with Crippen LogP contribution in [0, 0.1) is 23.2 Å². The predicted octanol–water partition coefficient (Wildman–Crippen LogP) is 4.34. The van der Waals surface area contributed by atoms with Crippen molar-refractivity contribution in [1.82, 2.24) is 5.32 Å². The van der Waals surface area contributed by atoms with Crippen LogP contribution in [0.5, 0.6) is 5.75 Å². The number of ether oxygens (including phenoxy) is 1. The highest BCUT2D eigenvalue weighted by atomic mass is 16.5. The number of piperidine rings is 1. The third-order valence-corrected chi connectivity index (χ3v) is 6.17. The van der Waals surface area contributed by atoms with Gasteiger partial charge in [0.05, 0.1) is 7.11 Å². The monoisotopic (exact) mass is 431 g/mol. The summed E-state index contributed by atoms with van der Waals surface area (Å²) in [5.74, 6) is 5.87. The van der Waals surface area contributed by atoms with Gasteiger partial charge >= 0.3 is 0 Å². The van der Waals surface area contributed by atoms with E-state index in [-0.39, 0.29) is 23.5 Å². The van der Waals surface area contributed by atoms with Crippen molar-refractivity contribution in [3.63, 3.8) is 0 Å². The molecule has 1 aromatic rings. The number of nitrogens with one attached hydrogen (secondary N) is 1. The maximum absolute atomic E-state index is 13.0. The summed E-state index contributed by atoms with van der Waals surface area (Å²) in [6.07, 6.45) is 7.91. The van der Waals surface area contributed by atoms with E-state index in [1.54, 1.807) is 25.3 Å². The lowest BCUT2D eigenvalue weighted by molar-refractivity contribution is -0.143. The molecule has 1 aliphatic heterocycles. The number of benzene rings is 1. The molecule has 0 saturated carbocycles. The fraction of sp³-hybridized carbons (Fsp3) is 0.370. The minimum atomic E-state index is -0.997. The minimum Gasteiger partial charge on any atom is -0.497 e. The molecule has 166 valence electrons. The summed E-state index contributed by atoms with van der Waals surface area (Å²) in [6.45, 7) is 7.72. The van der Waals surface area contributed by atoms with Crippen LogP contribution in [0.4, 0.5) is 0 Å². The molecule has 2 unspecified atom stereocenters. The van der Waals surface area contributed by atoms with Crippen molar-refractivity contribution in [2.24, 2.45) is 11.3 Å². The van der Waals surface area contributed by atoms with E-state index < -0.39 is 5.41 Å². The Morgan fingerprint density at radius 1 is 1.34 bits per heavy atom. The molecule has 5 heteroatoms. The highest BCUT2D eigenvalue weighted by Gasteiger charge is 2.45. The van der Waals surface area contributed by atoms with Crippen molar-refractivity contribution in [3.8, 4) is 17.6 Å². The van der Waals surface area contributed by atoms with Gasteiger partial charge in [0, 0.05) is 17.1 Å². The summed E-state index contributed by atoms with van der Waals surface area (Å²) in [5.41, 5.74) is 2.17. The minimum absolute atomic E-state index is 0.0588. The van der Waals surface area contributed by atoms with E-state index in [1.165, 1.54) is 0 Å². The van der Waals surface area contributed by atoms with E-state index in [0.29, 0.717) is 49.0 Å². The van der Waals surface area contributed by atoms with Crippen LogP contribution >= 0.6 is 0 Å². The lowest BCUT2D eigenvalue weighted by Crippen LogP contribution is -2.52. The molecule has 1 aliphatic carbocycles. The molecule has 1 N–H and O–H groups in total. The summed E-state index contributed by atoms with van der Waals surface area (Å²) in [7, 11) is 1.57. The van der Waals surface area contributed by atoms with Gasteiger partial charge in [0.15, 0.2) is 5.78 Å². The summed E-state index contributed by atoms with van der Waals surface area (Å²) in [6, 6.07) is 5.52. The molecule has 5 nitrogen and oxygen atoms in total. The fourth-order valence-electron chi connectivity index (χ4n) is 4.26. The number of amides is 2. The number of imide groups is 1. The highest BCUT2D eigenvalue weighted by Crippen LogP contribution is 2.38. The fourth-order valence-corrected chi connectivity index (χ4v) is 4.26. The molecule has 2 aliphatic rings. The number of ketones is 1. The maximum atomic E-state index is 13.0. The van der Waals surface area contributed by atoms with Gasteiger partial charge in [-0.05, 0) is 62.8 Å². The number of carbonyl (C=O) groups excluding carboxylic acids is 3. The molecular formula is C27H29NO4. The number of rotatable bonds is 6. The second kappa shape index (κ2) is 9.82. The lowest BCUT2D eigenvalue weighted by Gasteiger charge is -2.35. The van der Waals surface area contributed by atoms with E-state index in [1.807, 2.05) is 32.1 Å². The van der Waals surface area contributed by atoms with Gasteiger partial charge in [0.2, 0.25) is 11.8 Å². The molecule has 2 amide bonds. The Hall–Kier alpha value is -3.39. The van der Waals surface area contributed by atoms with E-state index in [2.05, 4.69) is 23.7 Å². The van der Waals surface area contributed by atoms with E-state index in [4.69, 9.17) is 4.74 Å². The van der Waals surface area contributed by atoms with Gasteiger partial charge in [-0.3, -0.25) is 19.7 Å². The van der Waals surface area contributed by atoms with Crippen molar-refractivity contribution in [2.45, 2.75) is 46.0 Å². The van der Waals surface area contributed by atoms with Crippen LogP contribution in [0.15, 0.2) is 54.2 Å². The molecule has 1 saturated heterocycles. The van der Waals surface area contributed by atoms with E-state index in [9.17, 15) is 14.4 Å². The molecule has 0 bridgehead atoms. The van der Waals surface area contributed by atoms with Gasteiger partial charge in [0.1, 0.15) is 11.2 Å². The SMILES string of the molecule is C=C(C#CC1(CCC2=CC(=O)c3cc(OC)ccc3C2)CC(CC)C(=O)NC1=O)C=CC. The Morgan fingerprint density at radius 3 is 2.81 bits per heavy atom. The van der Waals surface area contributed by atoms with Gasteiger partial charge in [0.25, 0.3) is 0 Å². The zero-order valence-corrected chi connectivity index (χ0v) is 18.9. The van der Waals surface area contributed by atoms with Gasteiger partial charge in [-0.25, -0.2) is 0 Å². The van der Waals surface area contributed by atoms with Gasteiger partial charge < -0.3 is 4.74 Å². The first-order valence-corrected chi connectivity index (χ1v) is 10.9. The predicted molar refractivity (Wildman–Crippen MR) is 124 cm³/mol. The molecule has 2 atom stereocenters. The van der Waals surface area contributed by atoms with Crippen molar-refractivity contribution in [2.75, 3.05) is 7.11 Å². The zero-order valence-electron chi connectivity index (χ0n) is 18.9. The molecule has 0 radical (unpaired) electrons. The number of hydrogen-bond donors (Lipinski definition) is 1. The third-order valence-electron chi connectivity index (χ3n) is 6.17. The molecule has 0 aromatic heterocycles. The average molecular weight is 432 g/mol. The second-order valence-corrected chi connectivity index (χ2v) is 8.35. The van der Waals surface area contributed by atoms with Crippen LogP contribution in [0.2, 0.25) is 0 Å². The summed E-state index contributed by atoms with van der Waals surface area (Å²) in [5, 5.41) is 2.52. The first-order valence-electron chi connectivity index (χ1n) is 10.9. The standard InChI is InChI=1S/C27H29NO4/c1-5-7-18(3)10-12-27(17-20(6-2)25(30)28-26(27)31)13-11-19-14-21-8-9-22(32-4)16-23(21)24(29)15-19/h5,7-9,15-16,20H,3,6,11,13-14,17H2,1-2,4H3,(H,28,30,31). The molecule has 32 heavy (non-hydrogen) atoms. The Morgan fingerprint density at radius 2 is 2.12 bits per heavy atom. The zero-order chi connectivity index (χ0) is 23.3. The molecule has 1 aromatic carbocycles. The molecule has 0 spiro atoms. The molecule has 1 fully saturated rings. The largest absolute Gasteiger partial charge is 0.497 e. The number of hydrogen-bond acceptors (Lipinski definition) is 4. The smallest absolute Gasteiger partial charge is 0.244 e. The normalized spacial score (nSPS) is 22.5. The summed E-state index contributed by atoms with van der Waals surface area (Å²) < 4.78 is 5.23. The summed E-state index contributed by atoms with van der Waals surface area (Å²) >= 11 is 0. The van der Waals surface area contributed by atoms with Gasteiger partial charge in [-0.2, -0.15) is 0 Å². The Kier molecular flexibility index (Phi) is 7.15. The number of allylic oxidation sites excluding steroid dienone is 5. The van der Waals surface area contributed by atoms with Crippen molar-refractivity contribution < 1.29 is 19.1 Å². The molecule has 1 heterocycles. The van der Waals surface area contributed by atoms with Gasteiger partial charge in [-0.15, -0.1) is 0 Å². The molecule has 3 rings (SSSR count). The first-order chi connectivity index (χ1) is 15.3. The first kappa shape index (κ1) is 23.3. The summed E-state index contributed by atoms with van der Waals surface area (Å²) in [4.78, 5) is 37.9. The Balaban J connectivity index is 1.86. The van der Waals surface area contributed by atoms with Crippen LogP contribution < -0.4 is 10.1 Å². The van der Waals surface area contributed by atoms with Crippen LogP contribution in [0.3, 0.4) is 0 Å². The lowest BCUT2D eigenvalue weighted by atomic mass is 9.70.